The normalized spacial score (nSPS) is 23.9. The number of hydrogen-bond acceptors (Lipinski definition) is 5. The minimum atomic E-state index is 0.230. The molecule has 2 N–H and O–H groups in total. The summed E-state index contributed by atoms with van der Waals surface area (Å²) in [4.78, 5) is 2.51. The molecule has 0 aliphatic carbocycles. The van der Waals surface area contributed by atoms with Crippen LogP contribution >= 0.6 is 27.7 Å². The Labute approximate surface area is 138 Å². The second kappa shape index (κ2) is 6.77. The van der Waals surface area contributed by atoms with E-state index in [1.54, 1.807) is 0 Å². The Morgan fingerprint density at radius 1 is 1.43 bits per heavy atom. The molecule has 1 aromatic rings. The maximum atomic E-state index is 6.09. The molecule has 116 valence electrons. The lowest BCUT2D eigenvalue weighted by Crippen LogP contribution is -2.45. The van der Waals surface area contributed by atoms with Gasteiger partial charge < -0.3 is 15.2 Å². The van der Waals surface area contributed by atoms with Gasteiger partial charge in [0.2, 0.25) is 0 Å². The molecule has 2 heterocycles. The van der Waals surface area contributed by atoms with Crippen molar-refractivity contribution in [3.63, 3.8) is 0 Å². The Morgan fingerprint density at radius 3 is 3.00 bits per heavy atom. The number of fused-ring (bicyclic) bond motifs is 1. The van der Waals surface area contributed by atoms with Crippen molar-refractivity contribution in [3.8, 4) is 11.5 Å². The van der Waals surface area contributed by atoms with Crippen molar-refractivity contribution >= 4 is 27.7 Å². The Morgan fingerprint density at radius 2 is 2.24 bits per heavy atom. The lowest BCUT2D eigenvalue weighted by Gasteiger charge is -2.39. The molecule has 0 aromatic heterocycles. The molecule has 6 heteroatoms. The van der Waals surface area contributed by atoms with Crippen LogP contribution in [0, 0.1) is 0 Å². The third kappa shape index (κ3) is 3.18. The number of thioether (sulfide) groups is 1. The highest BCUT2D eigenvalue weighted by Crippen LogP contribution is 2.41. The van der Waals surface area contributed by atoms with E-state index in [0.29, 0.717) is 25.8 Å². The van der Waals surface area contributed by atoms with Crippen LogP contribution in [0.25, 0.3) is 0 Å². The zero-order chi connectivity index (χ0) is 14.8. The fourth-order valence-electron chi connectivity index (χ4n) is 2.99. The first-order valence-electron chi connectivity index (χ1n) is 7.33. The molecule has 2 atom stereocenters. The summed E-state index contributed by atoms with van der Waals surface area (Å²) in [5.74, 6) is 3.97. The van der Waals surface area contributed by atoms with Crippen molar-refractivity contribution in [1.82, 2.24) is 4.90 Å². The van der Waals surface area contributed by atoms with Gasteiger partial charge in [-0.15, -0.1) is 0 Å². The van der Waals surface area contributed by atoms with Gasteiger partial charge in [0.15, 0.2) is 11.5 Å². The molecule has 0 saturated carbocycles. The highest BCUT2D eigenvalue weighted by atomic mass is 79.9. The standard InChI is InChI=1S/C15H21BrN2O2S/c1-10-9-21-5-2-18(10)13(8-17)11-6-12(16)15-14(7-11)19-3-4-20-15/h6-7,10,13H,2-5,8-9,17H2,1H3. The monoisotopic (exact) mass is 372 g/mol. The van der Waals surface area contributed by atoms with Gasteiger partial charge >= 0.3 is 0 Å². The maximum Gasteiger partial charge on any atom is 0.175 e. The fourth-order valence-corrected chi connectivity index (χ4v) is 4.60. The van der Waals surface area contributed by atoms with E-state index in [0.717, 1.165) is 22.5 Å². The maximum absolute atomic E-state index is 6.09. The van der Waals surface area contributed by atoms with Gasteiger partial charge in [-0.3, -0.25) is 4.90 Å². The Balaban J connectivity index is 1.91. The van der Waals surface area contributed by atoms with E-state index in [4.69, 9.17) is 15.2 Å². The van der Waals surface area contributed by atoms with Crippen molar-refractivity contribution in [2.45, 2.75) is 19.0 Å². The Hall–Kier alpha value is -0.430. The molecule has 21 heavy (non-hydrogen) atoms. The van der Waals surface area contributed by atoms with Crippen LogP contribution in [0.4, 0.5) is 0 Å². The average molecular weight is 373 g/mol. The average Bonchev–Trinajstić information content (AvgIpc) is 2.50. The van der Waals surface area contributed by atoms with Gasteiger partial charge in [-0.1, -0.05) is 0 Å². The molecular formula is C15H21BrN2O2S. The smallest absolute Gasteiger partial charge is 0.175 e. The molecular weight excluding hydrogens is 352 g/mol. The van der Waals surface area contributed by atoms with Gasteiger partial charge in [-0.25, -0.2) is 0 Å². The summed E-state index contributed by atoms with van der Waals surface area (Å²) >= 11 is 5.62. The number of ether oxygens (including phenoxy) is 2. The van der Waals surface area contributed by atoms with Crippen LogP contribution in [-0.4, -0.2) is 48.8 Å². The van der Waals surface area contributed by atoms with E-state index in [1.807, 2.05) is 11.8 Å². The van der Waals surface area contributed by atoms with Crippen LogP contribution in [0.1, 0.15) is 18.5 Å². The van der Waals surface area contributed by atoms with E-state index < -0.39 is 0 Å². The quantitative estimate of drug-likeness (QED) is 0.883. The SMILES string of the molecule is CC1CSCCN1C(CN)c1cc(Br)c2c(c1)OCCO2. The molecule has 1 saturated heterocycles. The number of halogens is 1. The van der Waals surface area contributed by atoms with Crippen molar-refractivity contribution < 1.29 is 9.47 Å². The summed E-state index contributed by atoms with van der Waals surface area (Å²) in [6, 6.07) is 4.99. The third-order valence-corrected chi connectivity index (χ3v) is 5.82. The van der Waals surface area contributed by atoms with Crippen LogP contribution in [0.5, 0.6) is 11.5 Å². The first kappa shape index (κ1) is 15.5. The van der Waals surface area contributed by atoms with Gasteiger partial charge in [-0.2, -0.15) is 11.8 Å². The summed E-state index contributed by atoms with van der Waals surface area (Å²) in [5.41, 5.74) is 7.29. The lowest BCUT2D eigenvalue weighted by molar-refractivity contribution is 0.159. The second-order valence-electron chi connectivity index (χ2n) is 5.44. The predicted octanol–water partition coefficient (Wildman–Crippen LogP) is 2.66. The lowest BCUT2D eigenvalue weighted by atomic mass is 10.0. The highest BCUT2D eigenvalue weighted by molar-refractivity contribution is 9.10. The summed E-state index contributed by atoms with van der Waals surface area (Å²) in [6.07, 6.45) is 0. The molecule has 1 aromatic carbocycles. The summed E-state index contributed by atoms with van der Waals surface area (Å²) < 4.78 is 12.4. The molecule has 1 fully saturated rings. The zero-order valence-electron chi connectivity index (χ0n) is 12.2. The van der Waals surface area contributed by atoms with Crippen molar-refractivity contribution in [2.24, 2.45) is 5.73 Å². The van der Waals surface area contributed by atoms with E-state index in [-0.39, 0.29) is 6.04 Å². The van der Waals surface area contributed by atoms with Gasteiger partial charge in [0.05, 0.1) is 4.47 Å². The number of hydrogen-bond donors (Lipinski definition) is 1. The van der Waals surface area contributed by atoms with Gasteiger partial charge in [0, 0.05) is 36.7 Å². The van der Waals surface area contributed by atoms with Crippen LogP contribution in [0.15, 0.2) is 16.6 Å². The number of rotatable bonds is 3. The summed E-state index contributed by atoms with van der Waals surface area (Å²) in [5, 5.41) is 0. The molecule has 0 radical (unpaired) electrons. The van der Waals surface area contributed by atoms with Gasteiger partial charge in [0.25, 0.3) is 0 Å². The van der Waals surface area contributed by atoms with E-state index in [1.165, 1.54) is 17.1 Å². The molecule has 0 spiro atoms. The summed E-state index contributed by atoms with van der Waals surface area (Å²) in [7, 11) is 0. The van der Waals surface area contributed by atoms with E-state index in [2.05, 4.69) is 39.9 Å². The van der Waals surface area contributed by atoms with Crippen LogP contribution in [0.2, 0.25) is 0 Å². The first-order chi connectivity index (χ1) is 10.2. The van der Waals surface area contributed by atoms with Gasteiger partial charge in [-0.05, 0) is 40.5 Å². The minimum absolute atomic E-state index is 0.230. The predicted molar refractivity (Wildman–Crippen MR) is 90.4 cm³/mol. The largest absolute Gasteiger partial charge is 0.486 e. The Bertz CT molecular complexity index is 515. The molecule has 4 nitrogen and oxygen atoms in total. The highest BCUT2D eigenvalue weighted by Gasteiger charge is 2.28. The van der Waals surface area contributed by atoms with Crippen LogP contribution in [-0.2, 0) is 0 Å². The Kier molecular flexibility index (Phi) is 4.99. The third-order valence-electron chi connectivity index (χ3n) is 4.05. The van der Waals surface area contributed by atoms with Crippen LogP contribution in [0.3, 0.4) is 0 Å². The van der Waals surface area contributed by atoms with E-state index in [9.17, 15) is 0 Å². The fraction of sp³-hybridized carbons (Fsp3) is 0.600. The summed E-state index contributed by atoms with van der Waals surface area (Å²) in [6.45, 7) is 5.18. The molecule has 2 aliphatic heterocycles. The van der Waals surface area contributed by atoms with Crippen molar-refractivity contribution in [2.75, 3.05) is 37.8 Å². The minimum Gasteiger partial charge on any atom is -0.486 e. The molecule has 0 bridgehead atoms. The molecule has 2 aliphatic rings. The first-order valence-corrected chi connectivity index (χ1v) is 9.28. The molecule has 0 amide bonds. The number of nitrogens with two attached hydrogens (primary N) is 1. The van der Waals surface area contributed by atoms with Crippen molar-refractivity contribution in [1.29, 1.82) is 0 Å². The zero-order valence-corrected chi connectivity index (χ0v) is 14.6. The van der Waals surface area contributed by atoms with Crippen molar-refractivity contribution in [3.05, 3.63) is 22.2 Å². The second-order valence-corrected chi connectivity index (χ2v) is 7.44. The number of benzene rings is 1. The van der Waals surface area contributed by atoms with Gasteiger partial charge in [0.1, 0.15) is 13.2 Å². The van der Waals surface area contributed by atoms with Crippen LogP contribution < -0.4 is 15.2 Å². The number of nitrogens with zero attached hydrogens (tertiary/aromatic N) is 1. The molecule has 3 rings (SSSR count). The topological polar surface area (TPSA) is 47.7 Å². The van der Waals surface area contributed by atoms with E-state index >= 15 is 0 Å². The molecule has 2 unspecified atom stereocenters.